The molecule has 2 aliphatic heterocycles. The van der Waals surface area contributed by atoms with Crippen molar-refractivity contribution >= 4 is 58.4 Å². The van der Waals surface area contributed by atoms with Gasteiger partial charge in [-0.05, 0) is 57.2 Å². The van der Waals surface area contributed by atoms with Gasteiger partial charge in [-0.1, -0.05) is 31.6 Å². The first-order valence-corrected chi connectivity index (χ1v) is 22.5. The summed E-state index contributed by atoms with van der Waals surface area (Å²) in [6, 6.07) is 6.01. The number of aromatic nitrogens is 4. The highest BCUT2D eigenvalue weighted by Crippen LogP contribution is 2.43. The van der Waals surface area contributed by atoms with E-state index in [4.69, 9.17) is 19.2 Å². The van der Waals surface area contributed by atoms with Crippen LogP contribution in [0.25, 0.3) is 38.4 Å². The topological polar surface area (TPSA) is 117 Å². The minimum Gasteiger partial charge on any atom is -0.609 e. The van der Waals surface area contributed by atoms with Crippen molar-refractivity contribution in [2.75, 3.05) is 38.1 Å². The van der Waals surface area contributed by atoms with E-state index >= 15 is 8.78 Å². The number of halogens is 2. The maximum absolute atomic E-state index is 17.6. The summed E-state index contributed by atoms with van der Waals surface area (Å²) in [5, 5.41) is 1.32. The molecule has 3 atom stereocenters. The van der Waals surface area contributed by atoms with Gasteiger partial charge in [-0.3, -0.25) is 9.30 Å². The number of piperazine rings is 1. The summed E-state index contributed by atoms with van der Waals surface area (Å²) >= 11 is -1.68. The van der Waals surface area contributed by atoms with Crippen LogP contribution in [-0.4, -0.2) is 93.9 Å². The summed E-state index contributed by atoms with van der Waals surface area (Å²) in [5.41, 5.74) is 3.54. The van der Waals surface area contributed by atoms with E-state index in [-0.39, 0.29) is 46.9 Å². The lowest BCUT2D eigenvalue weighted by Gasteiger charge is -2.42. The van der Waals surface area contributed by atoms with E-state index in [1.54, 1.807) is 28.8 Å². The number of hydrogen-bond donors (Lipinski definition) is 0. The molecule has 2 saturated heterocycles. The van der Waals surface area contributed by atoms with Gasteiger partial charge in [0.2, 0.25) is 0 Å². The molecule has 278 valence electrons. The van der Waals surface area contributed by atoms with Crippen LogP contribution >= 0.6 is 0 Å². The monoisotopic (exact) mass is 760 g/mol. The van der Waals surface area contributed by atoms with Crippen LogP contribution in [0, 0.1) is 23.1 Å². The Labute approximate surface area is 310 Å². The number of methoxy groups -OCH3 is 1. The largest absolute Gasteiger partial charge is 0.609 e. The summed E-state index contributed by atoms with van der Waals surface area (Å²) in [5.74, 6) is 2.58. The van der Waals surface area contributed by atoms with Crippen LogP contribution in [0.1, 0.15) is 39.2 Å². The molecule has 0 spiro atoms. The highest BCUT2D eigenvalue weighted by molar-refractivity contribution is 7.90. The first-order valence-electron chi connectivity index (χ1n) is 17.4. The summed E-state index contributed by atoms with van der Waals surface area (Å²) in [7, 11) is -0.465. The Bertz CT molecular complexity index is 2320. The van der Waals surface area contributed by atoms with Crippen LogP contribution in [0.15, 0.2) is 41.9 Å². The number of nitrogens with zero attached hydrogens (tertiary/aromatic N) is 6. The van der Waals surface area contributed by atoms with Crippen molar-refractivity contribution in [3.63, 3.8) is 0 Å². The molecule has 5 aromatic rings. The van der Waals surface area contributed by atoms with Gasteiger partial charge < -0.3 is 23.7 Å². The Balaban J connectivity index is 1.47. The van der Waals surface area contributed by atoms with E-state index in [0.717, 1.165) is 12.8 Å². The molecule has 7 rings (SSSR count). The summed E-state index contributed by atoms with van der Waals surface area (Å²) in [4.78, 5) is 30.8. The first-order chi connectivity index (χ1) is 25.0. The van der Waals surface area contributed by atoms with Crippen molar-refractivity contribution in [1.82, 2.24) is 24.3 Å². The van der Waals surface area contributed by atoms with E-state index in [1.165, 1.54) is 25.8 Å². The van der Waals surface area contributed by atoms with Gasteiger partial charge in [-0.15, -0.1) is 5.54 Å². The lowest BCUT2D eigenvalue weighted by molar-refractivity contribution is 0.0122. The molecular formula is C38H42F2N6O5SSi. The van der Waals surface area contributed by atoms with Gasteiger partial charge in [-0.25, -0.2) is 18.6 Å². The predicted octanol–water partition coefficient (Wildman–Crippen LogP) is 6.91. The van der Waals surface area contributed by atoms with Gasteiger partial charge in [0.15, 0.2) is 12.6 Å². The Morgan fingerprint density at radius 2 is 1.81 bits per heavy atom. The fraction of sp³-hybridized carbons (Fsp3) is 0.421. The Hall–Kier alpha value is -4.49. The average molecular weight is 761 g/mol. The van der Waals surface area contributed by atoms with Crippen molar-refractivity contribution in [1.29, 1.82) is 0 Å². The fourth-order valence-corrected chi connectivity index (χ4v) is 8.11. The molecule has 0 aliphatic carbocycles. The summed E-state index contributed by atoms with van der Waals surface area (Å²) in [6.45, 7) is 12.5. The number of pyridine rings is 1. The Morgan fingerprint density at radius 3 is 2.45 bits per heavy atom. The second kappa shape index (κ2) is 13.7. The molecule has 5 heterocycles. The fourth-order valence-electron chi connectivity index (χ4n) is 7.18. The van der Waals surface area contributed by atoms with Crippen molar-refractivity contribution in [3.05, 3.63) is 54.0 Å². The average Bonchev–Trinajstić information content (AvgIpc) is 3.67. The lowest BCUT2D eigenvalue weighted by Crippen LogP contribution is -2.57. The zero-order chi connectivity index (χ0) is 38.0. The van der Waals surface area contributed by atoms with Gasteiger partial charge in [-0.2, -0.15) is 9.97 Å². The summed E-state index contributed by atoms with van der Waals surface area (Å²) in [6.07, 6.45) is 5.72. The molecule has 15 heteroatoms. The van der Waals surface area contributed by atoms with Crippen LogP contribution in [0.3, 0.4) is 0 Å². The smallest absolute Gasteiger partial charge is 0.410 e. The number of ether oxygens (including phenoxy) is 3. The second-order valence-corrected chi connectivity index (χ2v) is 21.6. The number of benzene rings is 2. The van der Waals surface area contributed by atoms with Gasteiger partial charge in [0.1, 0.15) is 42.8 Å². The number of imidazole rings is 1. The number of amides is 1. The number of anilines is 1. The molecule has 2 bridgehead atoms. The molecule has 2 aromatic carbocycles. The number of fused-ring (bicyclic) bond motifs is 6. The van der Waals surface area contributed by atoms with Crippen molar-refractivity contribution in [2.24, 2.45) is 0 Å². The highest BCUT2D eigenvalue weighted by atomic mass is 32.2. The number of hydrogen-bond acceptors (Lipinski definition) is 9. The predicted molar refractivity (Wildman–Crippen MR) is 203 cm³/mol. The van der Waals surface area contributed by atoms with Crippen LogP contribution in [0.4, 0.5) is 19.4 Å². The second-order valence-electron chi connectivity index (χ2n) is 15.5. The number of carbonyl (C=O) groups excluding carboxylic acids is 1. The SMILES string of the molecule is COCOc1cc(-c2c(F)c3nc([S+](C)[O-])nc(N4C[C@H]5CC[C@@H](C4)N5C(=O)OC(C)(C)C)c3c3cncn23)c2c(C#C[Si](C)(C)C)c(F)ccc2c1. The molecule has 1 amide bonds. The molecule has 1 unspecified atom stereocenters. The Morgan fingerprint density at radius 1 is 1.09 bits per heavy atom. The lowest BCUT2D eigenvalue weighted by atomic mass is 9.95. The summed E-state index contributed by atoms with van der Waals surface area (Å²) < 4.78 is 64.8. The quantitative estimate of drug-likeness (QED) is 0.0599. The van der Waals surface area contributed by atoms with Gasteiger partial charge in [0.25, 0.3) is 0 Å². The minimum atomic E-state index is -1.96. The van der Waals surface area contributed by atoms with E-state index in [1.807, 2.05) is 30.6 Å². The van der Waals surface area contributed by atoms with Crippen molar-refractivity contribution in [3.8, 4) is 28.5 Å². The third-order valence-corrected chi connectivity index (χ3v) is 10.8. The standard InChI is InChI=1S/C38H42F2N6O5SSi/c1-38(2,3)51-37(47)46-23-10-11-24(46)19-44(18-23)35-31-29-17-41-20-45(29)34(32(40)33(31)42-36(43-35)52(5)48)27-16-25(50-21-49-4)15-22-9-12-28(39)26(30(22)27)13-14-53(6,7)8/h9,12,15-17,20,23-24H,10-11,18-19,21H2,1-8H3/t23-,24+,52?. The molecule has 2 fully saturated rings. The number of carbonyl (C=O) groups is 1. The van der Waals surface area contributed by atoms with Gasteiger partial charge in [0, 0.05) is 42.3 Å². The van der Waals surface area contributed by atoms with Crippen LogP contribution in [0.2, 0.25) is 19.6 Å². The van der Waals surface area contributed by atoms with Crippen LogP contribution in [0.5, 0.6) is 5.75 Å². The Kier molecular flexibility index (Phi) is 9.55. The van der Waals surface area contributed by atoms with E-state index in [0.29, 0.717) is 51.9 Å². The minimum absolute atomic E-state index is 0.0436. The zero-order valence-corrected chi connectivity index (χ0v) is 32.9. The van der Waals surface area contributed by atoms with Crippen molar-refractivity contribution < 1.29 is 32.3 Å². The van der Waals surface area contributed by atoms with E-state index in [9.17, 15) is 9.35 Å². The molecular weight excluding hydrogens is 719 g/mol. The third-order valence-electron chi connectivity index (χ3n) is 9.27. The molecule has 53 heavy (non-hydrogen) atoms. The molecule has 0 saturated carbocycles. The van der Waals surface area contributed by atoms with Crippen LogP contribution in [-0.2, 0) is 20.6 Å². The molecule has 2 aliphatic rings. The molecule has 11 nitrogen and oxygen atoms in total. The molecule has 0 N–H and O–H groups in total. The first kappa shape index (κ1) is 36.8. The molecule has 3 aromatic heterocycles. The van der Waals surface area contributed by atoms with E-state index < -0.39 is 36.5 Å². The maximum Gasteiger partial charge on any atom is 0.410 e. The number of rotatable bonds is 6. The van der Waals surface area contributed by atoms with Crippen LogP contribution < -0.4 is 9.64 Å². The molecule has 0 radical (unpaired) electrons. The van der Waals surface area contributed by atoms with E-state index in [2.05, 4.69) is 41.1 Å². The maximum atomic E-state index is 17.6. The highest BCUT2D eigenvalue weighted by Gasteiger charge is 2.45. The zero-order valence-electron chi connectivity index (χ0n) is 31.0. The van der Waals surface area contributed by atoms with Crippen molar-refractivity contribution in [2.45, 2.75) is 76.1 Å². The van der Waals surface area contributed by atoms with Gasteiger partial charge >= 0.3 is 11.2 Å². The third kappa shape index (κ3) is 7.01. The van der Waals surface area contributed by atoms with Gasteiger partial charge in [0.05, 0.1) is 46.8 Å². The normalized spacial score (nSPS) is 18.1.